The van der Waals surface area contributed by atoms with Gasteiger partial charge in [-0.25, -0.2) is 0 Å². The molecule has 16 heavy (non-hydrogen) atoms. The summed E-state index contributed by atoms with van der Waals surface area (Å²) in [7, 11) is 0. The molecule has 0 saturated carbocycles. The first-order chi connectivity index (χ1) is 7.68. The van der Waals surface area contributed by atoms with Crippen molar-refractivity contribution < 1.29 is 10.4 Å². The average Bonchev–Trinajstić information content (AvgIpc) is 2.25. The van der Waals surface area contributed by atoms with Crippen molar-refractivity contribution in [1.29, 1.82) is 0 Å². The van der Waals surface area contributed by atoms with Crippen LogP contribution in [0.1, 0.15) is 18.9 Å². The van der Waals surface area contributed by atoms with Gasteiger partial charge in [0.15, 0.2) is 0 Å². The zero-order valence-corrected chi connectivity index (χ0v) is 11.0. The zero-order chi connectivity index (χ0) is 11.8. The molecule has 0 spiro atoms. The number of thioether (sulfide) groups is 1. The van der Waals surface area contributed by atoms with Crippen LogP contribution >= 0.6 is 11.8 Å². The van der Waals surface area contributed by atoms with Gasteiger partial charge in [-0.2, -0.15) is 0 Å². The molecular formula is C13H22NOS+. The van der Waals surface area contributed by atoms with Crippen LogP contribution < -0.4 is 5.32 Å². The summed E-state index contributed by atoms with van der Waals surface area (Å²) in [5.41, 5.74) is 1.31. The lowest BCUT2D eigenvalue weighted by molar-refractivity contribution is -0.660. The lowest BCUT2D eigenvalue weighted by atomic mass is 10.2. The molecule has 3 heteroatoms. The van der Waals surface area contributed by atoms with Gasteiger partial charge in [-0.05, 0) is 26.0 Å². The molecule has 2 nitrogen and oxygen atoms in total. The molecule has 1 aromatic rings. The van der Waals surface area contributed by atoms with Gasteiger partial charge in [0.2, 0.25) is 0 Å². The van der Waals surface area contributed by atoms with Crippen LogP contribution in [-0.4, -0.2) is 30.1 Å². The van der Waals surface area contributed by atoms with Crippen molar-refractivity contribution in [1.82, 2.24) is 0 Å². The Hall–Kier alpha value is -0.510. The lowest BCUT2D eigenvalue weighted by Gasteiger charge is -2.04. The number of aryl methyl sites for hydroxylation is 1. The van der Waals surface area contributed by atoms with Crippen molar-refractivity contribution in [3.63, 3.8) is 0 Å². The summed E-state index contributed by atoms with van der Waals surface area (Å²) in [6, 6.07) is 8.67. The van der Waals surface area contributed by atoms with Crippen molar-refractivity contribution in [2.24, 2.45) is 0 Å². The summed E-state index contributed by atoms with van der Waals surface area (Å²) in [6.07, 6.45) is 0.996. The first-order valence-corrected chi connectivity index (χ1v) is 6.86. The van der Waals surface area contributed by atoms with Crippen molar-refractivity contribution >= 4 is 11.8 Å². The smallest absolute Gasteiger partial charge is 0.102 e. The van der Waals surface area contributed by atoms with E-state index in [2.05, 4.69) is 36.5 Å². The van der Waals surface area contributed by atoms with Crippen LogP contribution in [0.3, 0.4) is 0 Å². The summed E-state index contributed by atoms with van der Waals surface area (Å²) in [5, 5.41) is 11.3. The Kier molecular flexibility index (Phi) is 6.53. The standard InChI is InChI=1S/C13H21NOS/c1-11-4-6-13(7-5-11)16-9-3-8-14-10-12(2)15/h4-7,12,14-15H,3,8-10H2,1-2H3/p+1/t12-/m1/s1. The highest BCUT2D eigenvalue weighted by Gasteiger charge is 1.98. The third kappa shape index (κ3) is 6.16. The van der Waals surface area contributed by atoms with Gasteiger partial charge in [0.25, 0.3) is 0 Å². The van der Waals surface area contributed by atoms with Gasteiger partial charge in [-0.15, -0.1) is 11.8 Å². The van der Waals surface area contributed by atoms with Crippen molar-refractivity contribution in [2.75, 3.05) is 18.8 Å². The summed E-state index contributed by atoms with van der Waals surface area (Å²) in [4.78, 5) is 1.35. The van der Waals surface area contributed by atoms with E-state index in [-0.39, 0.29) is 6.10 Å². The molecular weight excluding hydrogens is 218 g/mol. The van der Waals surface area contributed by atoms with Gasteiger partial charge in [0.05, 0.1) is 12.6 Å². The number of aliphatic hydroxyl groups is 1. The van der Waals surface area contributed by atoms with Gasteiger partial charge in [0.1, 0.15) is 6.54 Å². The van der Waals surface area contributed by atoms with Gasteiger partial charge in [0, 0.05) is 17.1 Å². The second-order valence-corrected chi connectivity index (χ2v) is 5.35. The minimum absolute atomic E-state index is 0.190. The molecule has 0 unspecified atom stereocenters. The Bertz CT molecular complexity index is 284. The number of nitrogens with two attached hydrogens (primary N) is 1. The number of quaternary nitrogens is 1. The Morgan fingerprint density at radius 2 is 2.00 bits per heavy atom. The molecule has 3 N–H and O–H groups in total. The highest BCUT2D eigenvalue weighted by Crippen LogP contribution is 2.18. The van der Waals surface area contributed by atoms with Crippen LogP contribution in [0.4, 0.5) is 0 Å². The Morgan fingerprint density at radius 3 is 2.62 bits per heavy atom. The summed E-state index contributed by atoms with van der Waals surface area (Å²) < 4.78 is 0. The van der Waals surface area contributed by atoms with Gasteiger partial charge in [-0.3, -0.25) is 0 Å². The third-order valence-electron chi connectivity index (χ3n) is 2.35. The molecule has 0 saturated heterocycles. The molecule has 0 amide bonds. The lowest BCUT2D eigenvalue weighted by Crippen LogP contribution is -2.86. The molecule has 1 atom stereocenters. The highest BCUT2D eigenvalue weighted by molar-refractivity contribution is 7.99. The fourth-order valence-corrected chi connectivity index (χ4v) is 2.29. The second kappa shape index (κ2) is 7.71. The first-order valence-electron chi connectivity index (χ1n) is 5.87. The molecule has 0 aliphatic rings. The Morgan fingerprint density at radius 1 is 1.31 bits per heavy atom. The molecule has 0 heterocycles. The Labute approximate surface area is 102 Å². The largest absolute Gasteiger partial charge is 0.388 e. The normalized spacial score (nSPS) is 12.7. The van der Waals surface area contributed by atoms with Gasteiger partial charge >= 0.3 is 0 Å². The SMILES string of the molecule is Cc1ccc(SCCC[NH2+]C[C@@H](C)O)cc1. The van der Waals surface area contributed by atoms with Crippen LogP contribution in [0.15, 0.2) is 29.2 Å². The van der Waals surface area contributed by atoms with Crippen LogP contribution in [-0.2, 0) is 0 Å². The number of aliphatic hydroxyl groups excluding tert-OH is 1. The minimum atomic E-state index is -0.190. The summed E-state index contributed by atoms with van der Waals surface area (Å²) in [6.45, 7) is 5.86. The summed E-state index contributed by atoms with van der Waals surface area (Å²) >= 11 is 1.91. The van der Waals surface area contributed by atoms with E-state index in [1.54, 1.807) is 0 Å². The molecule has 0 bridgehead atoms. The predicted molar refractivity (Wildman–Crippen MR) is 69.9 cm³/mol. The van der Waals surface area contributed by atoms with E-state index < -0.39 is 0 Å². The van der Waals surface area contributed by atoms with E-state index in [0.29, 0.717) is 0 Å². The summed E-state index contributed by atoms with van der Waals surface area (Å²) in [5.74, 6) is 1.15. The predicted octanol–water partition coefficient (Wildman–Crippen LogP) is 1.42. The van der Waals surface area contributed by atoms with E-state index in [1.165, 1.54) is 16.9 Å². The fourth-order valence-electron chi connectivity index (χ4n) is 1.41. The molecule has 90 valence electrons. The Balaban J connectivity index is 2.05. The molecule has 0 aliphatic carbocycles. The van der Waals surface area contributed by atoms with Crippen LogP contribution in [0.2, 0.25) is 0 Å². The maximum atomic E-state index is 9.08. The van der Waals surface area contributed by atoms with Crippen molar-refractivity contribution in [3.05, 3.63) is 29.8 Å². The number of rotatable bonds is 7. The van der Waals surface area contributed by atoms with Crippen LogP contribution in [0, 0.1) is 6.92 Å². The fraction of sp³-hybridized carbons (Fsp3) is 0.538. The number of hydrogen-bond acceptors (Lipinski definition) is 2. The number of hydrogen-bond donors (Lipinski definition) is 2. The van der Waals surface area contributed by atoms with E-state index in [4.69, 9.17) is 5.11 Å². The van der Waals surface area contributed by atoms with Gasteiger partial charge < -0.3 is 10.4 Å². The highest BCUT2D eigenvalue weighted by atomic mass is 32.2. The second-order valence-electron chi connectivity index (χ2n) is 4.18. The third-order valence-corrected chi connectivity index (χ3v) is 3.45. The van der Waals surface area contributed by atoms with E-state index in [9.17, 15) is 0 Å². The molecule has 0 fully saturated rings. The zero-order valence-electron chi connectivity index (χ0n) is 10.1. The quantitative estimate of drug-likeness (QED) is 0.559. The molecule has 1 rings (SSSR count). The van der Waals surface area contributed by atoms with Crippen molar-refractivity contribution in [2.45, 2.75) is 31.3 Å². The van der Waals surface area contributed by atoms with Crippen molar-refractivity contribution in [3.8, 4) is 0 Å². The monoisotopic (exact) mass is 240 g/mol. The van der Waals surface area contributed by atoms with Crippen LogP contribution in [0.5, 0.6) is 0 Å². The van der Waals surface area contributed by atoms with E-state index >= 15 is 0 Å². The maximum absolute atomic E-state index is 9.08. The minimum Gasteiger partial charge on any atom is -0.388 e. The topological polar surface area (TPSA) is 36.8 Å². The van der Waals surface area contributed by atoms with Gasteiger partial charge in [-0.1, -0.05) is 17.7 Å². The molecule has 0 radical (unpaired) electrons. The van der Waals surface area contributed by atoms with E-state index in [0.717, 1.165) is 18.8 Å². The maximum Gasteiger partial charge on any atom is 0.102 e. The first kappa shape index (κ1) is 13.6. The molecule has 1 aromatic carbocycles. The van der Waals surface area contributed by atoms with Crippen LogP contribution in [0.25, 0.3) is 0 Å². The molecule has 0 aliphatic heterocycles. The molecule has 0 aromatic heterocycles. The average molecular weight is 240 g/mol. The van der Waals surface area contributed by atoms with E-state index in [1.807, 2.05) is 18.7 Å². The number of benzene rings is 1.